The van der Waals surface area contributed by atoms with Crippen LogP contribution in [0.4, 0.5) is 18.9 Å². The second-order valence-electron chi connectivity index (χ2n) is 5.30. The molecule has 0 aliphatic heterocycles. The number of alkyl halides is 3. The summed E-state index contributed by atoms with van der Waals surface area (Å²) in [4.78, 5) is 15.2. The number of rotatable bonds is 3. The van der Waals surface area contributed by atoms with E-state index in [-0.39, 0.29) is 12.3 Å². The monoisotopic (exact) mass is 352 g/mol. The molecule has 2 N–H and O–H groups in total. The molecule has 3 rings (SSSR count). The zero-order valence-corrected chi connectivity index (χ0v) is 13.0. The van der Waals surface area contributed by atoms with E-state index in [2.05, 4.69) is 10.3 Å². The first-order chi connectivity index (χ1) is 11.3. The Morgan fingerprint density at radius 2 is 1.83 bits per heavy atom. The summed E-state index contributed by atoms with van der Waals surface area (Å²) in [5.41, 5.74) is 1.17. The fourth-order valence-corrected chi connectivity index (χ4v) is 2.59. The molecule has 7 heteroatoms. The molecule has 3 aromatic rings. The number of fused-ring (bicyclic) bond motifs is 1. The van der Waals surface area contributed by atoms with Crippen molar-refractivity contribution in [3.8, 4) is 0 Å². The number of nitrogens with one attached hydrogen (secondary N) is 2. The van der Waals surface area contributed by atoms with E-state index < -0.39 is 11.7 Å². The standard InChI is InChI=1S/C17H12ClF3N2O/c18-12-3-6-15-14(8-12)10(9-22-15)7-16(24)23-13-4-1-11(2-5-13)17(19,20)21/h1-6,8-9,22H,7H2,(H,23,24). The van der Waals surface area contributed by atoms with Crippen LogP contribution in [-0.2, 0) is 17.4 Å². The summed E-state index contributed by atoms with van der Waals surface area (Å²) in [6.45, 7) is 0. The van der Waals surface area contributed by atoms with Crippen molar-refractivity contribution in [2.45, 2.75) is 12.6 Å². The van der Waals surface area contributed by atoms with Gasteiger partial charge in [-0.05, 0) is 48.0 Å². The zero-order valence-electron chi connectivity index (χ0n) is 12.2. The Balaban J connectivity index is 1.72. The maximum atomic E-state index is 12.5. The summed E-state index contributed by atoms with van der Waals surface area (Å²) in [7, 11) is 0. The summed E-state index contributed by atoms with van der Waals surface area (Å²) in [5.74, 6) is -0.323. The minimum atomic E-state index is -4.40. The van der Waals surface area contributed by atoms with Gasteiger partial charge in [-0.25, -0.2) is 0 Å². The number of hydrogen-bond acceptors (Lipinski definition) is 1. The number of carbonyl (C=O) groups excluding carboxylic acids is 1. The smallest absolute Gasteiger partial charge is 0.361 e. The van der Waals surface area contributed by atoms with E-state index in [0.29, 0.717) is 10.7 Å². The number of benzene rings is 2. The number of aromatic nitrogens is 1. The highest BCUT2D eigenvalue weighted by atomic mass is 35.5. The Kier molecular flexibility index (Phi) is 4.24. The molecule has 1 amide bonds. The molecule has 0 aliphatic carbocycles. The van der Waals surface area contributed by atoms with E-state index in [9.17, 15) is 18.0 Å². The van der Waals surface area contributed by atoms with Crippen LogP contribution in [0.5, 0.6) is 0 Å². The lowest BCUT2D eigenvalue weighted by Gasteiger charge is -2.08. The highest BCUT2D eigenvalue weighted by molar-refractivity contribution is 6.31. The van der Waals surface area contributed by atoms with Crippen LogP contribution in [-0.4, -0.2) is 10.9 Å². The molecule has 0 atom stereocenters. The molecule has 1 heterocycles. The van der Waals surface area contributed by atoms with E-state index in [1.54, 1.807) is 18.3 Å². The molecule has 0 saturated carbocycles. The first-order valence-electron chi connectivity index (χ1n) is 7.05. The topological polar surface area (TPSA) is 44.9 Å². The second-order valence-corrected chi connectivity index (χ2v) is 5.74. The molecule has 0 aliphatic rings. The summed E-state index contributed by atoms with van der Waals surface area (Å²) < 4.78 is 37.5. The van der Waals surface area contributed by atoms with E-state index in [1.165, 1.54) is 12.1 Å². The predicted molar refractivity (Wildman–Crippen MR) is 87.1 cm³/mol. The van der Waals surface area contributed by atoms with Crippen molar-refractivity contribution in [3.63, 3.8) is 0 Å². The lowest BCUT2D eigenvalue weighted by Crippen LogP contribution is -2.14. The van der Waals surface area contributed by atoms with Crippen LogP contribution in [0.15, 0.2) is 48.7 Å². The molecule has 1 aromatic heterocycles. The molecular weight excluding hydrogens is 341 g/mol. The number of amides is 1. The van der Waals surface area contributed by atoms with Gasteiger partial charge in [0.05, 0.1) is 12.0 Å². The van der Waals surface area contributed by atoms with Gasteiger partial charge in [-0.2, -0.15) is 13.2 Å². The van der Waals surface area contributed by atoms with Crippen LogP contribution in [0.1, 0.15) is 11.1 Å². The molecule has 0 radical (unpaired) electrons. The minimum absolute atomic E-state index is 0.0847. The predicted octanol–water partition coefficient (Wildman–Crippen LogP) is 5.02. The normalized spacial score (nSPS) is 11.7. The lowest BCUT2D eigenvalue weighted by atomic mass is 10.1. The molecule has 0 bridgehead atoms. The van der Waals surface area contributed by atoms with Crippen LogP contribution in [0.3, 0.4) is 0 Å². The van der Waals surface area contributed by atoms with Gasteiger partial charge in [-0.15, -0.1) is 0 Å². The van der Waals surface area contributed by atoms with Gasteiger partial charge in [-0.1, -0.05) is 11.6 Å². The quantitative estimate of drug-likeness (QED) is 0.683. The van der Waals surface area contributed by atoms with Crippen LogP contribution >= 0.6 is 11.6 Å². The molecule has 0 unspecified atom stereocenters. The summed E-state index contributed by atoms with van der Waals surface area (Å²) in [5, 5.41) is 3.98. The first kappa shape index (κ1) is 16.4. The summed E-state index contributed by atoms with van der Waals surface area (Å²) >= 11 is 5.96. The third kappa shape index (κ3) is 3.54. The van der Waals surface area contributed by atoms with E-state index in [0.717, 1.165) is 28.6 Å². The van der Waals surface area contributed by atoms with Crippen LogP contribution in [0.25, 0.3) is 10.9 Å². The van der Waals surface area contributed by atoms with E-state index in [1.807, 2.05) is 6.07 Å². The van der Waals surface area contributed by atoms with Crippen molar-refractivity contribution >= 4 is 34.1 Å². The number of H-pyrrole nitrogens is 1. The number of halogens is 4. The highest BCUT2D eigenvalue weighted by Gasteiger charge is 2.29. The Labute approximate surface area is 140 Å². The lowest BCUT2D eigenvalue weighted by molar-refractivity contribution is -0.137. The van der Waals surface area contributed by atoms with Crippen molar-refractivity contribution in [2.75, 3.05) is 5.32 Å². The number of carbonyl (C=O) groups is 1. The van der Waals surface area contributed by atoms with Crippen molar-refractivity contribution < 1.29 is 18.0 Å². The fourth-order valence-electron chi connectivity index (χ4n) is 2.42. The molecule has 0 saturated heterocycles. The minimum Gasteiger partial charge on any atom is -0.361 e. The number of aromatic amines is 1. The molecule has 0 spiro atoms. The van der Waals surface area contributed by atoms with Gasteiger partial charge in [-0.3, -0.25) is 4.79 Å². The third-order valence-electron chi connectivity index (χ3n) is 3.58. The molecule has 2 aromatic carbocycles. The van der Waals surface area contributed by atoms with Gasteiger partial charge >= 0.3 is 6.18 Å². The maximum Gasteiger partial charge on any atom is 0.416 e. The van der Waals surface area contributed by atoms with Gasteiger partial charge in [0.2, 0.25) is 5.91 Å². The Morgan fingerprint density at radius 3 is 2.50 bits per heavy atom. The van der Waals surface area contributed by atoms with Gasteiger partial charge in [0.25, 0.3) is 0 Å². The highest BCUT2D eigenvalue weighted by Crippen LogP contribution is 2.30. The van der Waals surface area contributed by atoms with Gasteiger partial charge in [0, 0.05) is 27.8 Å². The summed E-state index contributed by atoms with van der Waals surface area (Å²) in [6.07, 6.45) is -2.60. The second kappa shape index (κ2) is 6.20. The van der Waals surface area contributed by atoms with Crippen LogP contribution in [0.2, 0.25) is 5.02 Å². The fraction of sp³-hybridized carbons (Fsp3) is 0.118. The number of hydrogen-bond donors (Lipinski definition) is 2. The third-order valence-corrected chi connectivity index (χ3v) is 3.81. The Hall–Kier alpha value is -2.47. The average molecular weight is 353 g/mol. The Morgan fingerprint density at radius 1 is 1.12 bits per heavy atom. The van der Waals surface area contributed by atoms with Gasteiger partial charge in [0.15, 0.2) is 0 Å². The largest absolute Gasteiger partial charge is 0.416 e. The maximum absolute atomic E-state index is 12.5. The van der Waals surface area contributed by atoms with Gasteiger partial charge in [0.1, 0.15) is 0 Å². The van der Waals surface area contributed by atoms with Crippen molar-refractivity contribution in [3.05, 3.63) is 64.8 Å². The SMILES string of the molecule is O=C(Cc1c[nH]c2ccc(Cl)cc12)Nc1ccc(C(F)(F)F)cc1. The van der Waals surface area contributed by atoms with Crippen molar-refractivity contribution in [1.29, 1.82) is 0 Å². The first-order valence-corrected chi connectivity index (χ1v) is 7.43. The average Bonchev–Trinajstić information content (AvgIpc) is 2.89. The van der Waals surface area contributed by atoms with E-state index in [4.69, 9.17) is 11.6 Å². The van der Waals surface area contributed by atoms with E-state index >= 15 is 0 Å². The van der Waals surface area contributed by atoms with Gasteiger partial charge < -0.3 is 10.3 Å². The summed E-state index contributed by atoms with van der Waals surface area (Å²) in [6, 6.07) is 9.64. The van der Waals surface area contributed by atoms with Crippen molar-refractivity contribution in [2.24, 2.45) is 0 Å². The molecule has 124 valence electrons. The van der Waals surface area contributed by atoms with Crippen LogP contribution < -0.4 is 5.32 Å². The molecule has 3 nitrogen and oxygen atoms in total. The van der Waals surface area contributed by atoms with Crippen LogP contribution in [0, 0.1) is 0 Å². The van der Waals surface area contributed by atoms with Crippen molar-refractivity contribution in [1.82, 2.24) is 4.98 Å². The molecular formula is C17H12ClF3N2O. The number of anilines is 1. The molecule has 24 heavy (non-hydrogen) atoms. The Bertz CT molecular complexity index is 885. The molecule has 0 fully saturated rings. The zero-order chi connectivity index (χ0) is 17.3.